The molecule has 1 aliphatic heterocycles. The molecule has 0 amide bonds. The van der Waals surface area contributed by atoms with E-state index in [1.807, 2.05) is 0 Å². The summed E-state index contributed by atoms with van der Waals surface area (Å²) < 4.78 is 0. The normalized spacial score (nSPS) is 36.2. The van der Waals surface area contributed by atoms with Gasteiger partial charge in [-0.1, -0.05) is 12.8 Å². The minimum absolute atomic E-state index is 0.729. The van der Waals surface area contributed by atoms with Crippen molar-refractivity contribution in [3.63, 3.8) is 0 Å². The Balaban J connectivity index is 2.02. The van der Waals surface area contributed by atoms with E-state index in [2.05, 4.69) is 24.1 Å². The molecule has 0 aromatic heterocycles. The molecule has 1 saturated heterocycles. The summed E-state index contributed by atoms with van der Waals surface area (Å²) in [5, 5.41) is 3.66. The van der Waals surface area contributed by atoms with Gasteiger partial charge < -0.3 is 5.32 Å². The van der Waals surface area contributed by atoms with Crippen molar-refractivity contribution in [1.82, 2.24) is 10.2 Å². The highest BCUT2D eigenvalue weighted by Crippen LogP contribution is 2.26. The lowest BCUT2D eigenvalue weighted by atomic mass is 9.87. The van der Waals surface area contributed by atoms with Crippen LogP contribution in [0.4, 0.5) is 0 Å². The monoisotopic (exact) mass is 182 g/mol. The Labute approximate surface area is 81.7 Å². The molecule has 1 aliphatic carbocycles. The van der Waals surface area contributed by atoms with Gasteiger partial charge in [-0.15, -0.1) is 0 Å². The first kappa shape index (κ1) is 9.47. The predicted molar refractivity (Wildman–Crippen MR) is 55.9 cm³/mol. The van der Waals surface area contributed by atoms with E-state index in [1.54, 1.807) is 0 Å². The molecule has 2 atom stereocenters. The summed E-state index contributed by atoms with van der Waals surface area (Å²) >= 11 is 0. The van der Waals surface area contributed by atoms with Crippen LogP contribution in [0.3, 0.4) is 0 Å². The number of hydrogen-bond acceptors (Lipinski definition) is 2. The summed E-state index contributed by atoms with van der Waals surface area (Å²) in [5.74, 6) is 0. The van der Waals surface area contributed by atoms with Gasteiger partial charge >= 0.3 is 0 Å². The van der Waals surface area contributed by atoms with E-state index >= 15 is 0 Å². The summed E-state index contributed by atoms with van der Waals surface area (Å²) in [6, 6.07) is 2.36. The fourth-order valence-corrected chi connectivity index (χ4v) is 2.93. The molecule has 0 aromatic carbocycles. The summed E-state index contributed by atoms with van der Waals surface area (Å²) in [6.45, 7) is 7.10. The summed E-state index contributed by atoms with van der Waals surface area (Å²) in [4.78, 5) is 2.69. The smallest absolute Gasteiger partial charge is 0.0252 e. The summed E-state index contributed by atoms with van der Waals surface area (Å²) in [7, 11) is 0. The van der Waals surface area contributed by atoms with Crippen LogP contribution >= 0.6 is 0 Å². The van der Waals surface area contributed by atoms with Crippen LogP contribution < -0.4 is 5.32 Å². The number of piperazine rings is 1. The molecule has 2 rings (SSSR count). The second kappa shape index (κ2) is 3.97. The van der Waals surface area contributed by atoms with Crippen molar-refractivity contribution in [3.05, 3.63) is 0 Å². The van der Waals surface area contributed by atoms with E-state index in [-0.39, 0.29) is 0 Å². The lowest BCUT2D eigenvalue weighted by Crippen LogP contribution is -2.60. The zero-order valence-corrected chi connectivity index (χ0v) is 8.92. The standard InChI is InChI=1S/C11H22N2/c1-9(2)13-8-7-12-10-5-3-4-6-11(10)13/h9-12H,3-8H2,1-2H3. The van der Waals surface area contributed by atoms with Gasteiger partial charge in [0.05, 0.1) is 0 Å². The van der Waals surface area contributed by atoms with Gasteiger partial charge in [-0.3, -0.25) is 4.90 Å². The Bertz CT molecular complexity index is 165. The highest BCUT2D eigenvalue weighted by molar-refractivity contribution is 4.93. The number of nitrogens with one attached hydrogen (secondary N) is 1. The molecule has 0 aromatic rings. The van der Waals surface area contributed by atoms with Crippen LogP contribution in [-0.2, 0) is 0 Å². The number of nitrogens with zero attached hydrogens (tertiary/aromatic N) is 1. The van der Waals surface area contributed by atoms with E-state index in [0.717, 1.165) is 18.1 Å². The molecule has 0 bridgehead atoms. The van der Waals surface area contributed by atoms with Gasteiger partial charge in [-0.05, 0) is 26.7 Å². The van der Waals surface area contributed by atoms with Crippen LogP contribution in [0, 0.1) is 0 Å². The number of fused-ring (bicyclic) bond motifs is 1. The van der Waals surface area contributed by atoms with Crippen LogP contribution in [0.5, 0.6) is 0 Å². The number of hydrogen-bond donors (Lipinski definition) is 1. The molecule has 1 heterocycles. The van der Waals surface area contributed by atoms with Crippen LogP contribution in [0.2, 0.25) is 0 Å². The molecule has 0 spiro atoms. The van der Waals surface area contributed by atoms with Crippen molar-refractivity contribution < 1.29 is 0 Å². The Kier molecular flexibility index (Phi) is 2.89. The molecule has 2 nitrogen and oxygen atoms in total. The van der Waals surface area contributed by atoms with E-state index < -0.39 is 0 Å². The first-order chi connectivity index (χ1) is 6.29. The molecule has 2 heteroatoms. The van der Waals surface area contributed by atoms with Crippen molar-refractivity contribution >= 4 is 0 Å². The Hall–Kier alpha value is -0.0800. The molecule has 2 unspecified atom stereocenters. The molecule has 1 N–H and O–H groups in total. The molecular formula is C11H22N2. The van der Waals surface area contributed by atoms with Crippen LogP contribution in [0.1, 0.15) is 39.5 Å². The van der Waals surface area contributed by atoms with Crippen LogP contribution in [0.15, 0.2) is 0 Å². The van der Waals surface area contributed by atoms with Gasteiger partial charge in [-0.25, -0.2) is 0 Å². The molecule has 2 fully saturated rings. The van der Waals surface area contributed by atoms with E-state index in [0.29, 0.717) is 0 Å². The maximum atomic E-state index is 3.66. The van der Waals surface area contributed by atoms with Crippen molar-refractivity contribution in [2.75, 3.05) is 13.1 Å². The van der Waals surface area contributed by atoms with Gasteiger partial charge in [0.15, 0.2) is 0 Å². The molecule has 2 aliphatic rings. The number of rotatable bonds is 1. The summed E-state index contributed by atoms with van der Waals surface area (Å²) in [6.07, 6.45) is 5.68. The minimum Gasteiger partial charge on any atom is -0.311 e. The highest BCUT2D eigenvalue weighted by atomic mass is 15.2. The fraction of sp³-hybridized carbons (Fsp3) is 1.00. The first-order valence-corrected chi connectivity index (χ1v) is 5.78. The maximum Gasteiger partial charge on any atom is 0.0252 e. The van der Waals surface area contributed by atoms with Crippen molar-refractivity contribution in [3.8, 4) is 0 Å². The lowest BCUT2D eigenvalue weighted by molar-refractivity contribution is 0.0618. The topological polar surface area (TPSA) is 15.3 Å². The zero-order valence-electron chi connectivity index (χ0n) is 8.92. The largest absolute Gasteiger partial charge is 0.311 e. The van der Waals surface area contributed by atoms with Crippen molar-refractivity contribution in [1.29, 1.82) is 0 Å². The third kappa shape index (κ3) is 1.89. The lowest BCUT2D eigenvalue weighted by Gasteiger charge is -2.46. The third-order valence-electron chi connectivity index (χ3n) is 3.60. The predicted octanol–water partition coefficient (Wildman–Crippen LogP) is 1.61. The zero-order chi connectivity index (χ0) is 9.26. The van der Waals surface area contributed by atoms with Gasteiger partial charge in [0.25, 0.3) is 0 Å². The quantitative estimate of drug-likeness (QED) is 0.663. The van der Waals surface area contributed by atoms with Gasteiger partial charge in [0, 0.05) is 31.2 Å². The van der Waals surface area contributed by atoms with E-state index in [4.69, 9.17) is 0 Å². The van der Waals surface area contributed by atoms with E-state index in [1.165, 1.54) is 38.8 Å². The van der Waals surface area contributed by atoms with Crippen molar-refractivity contribution in [2.45, 2.75) is 57.7 Å². The molecule has 76 valence electrons. The highest BCUT2D eigenvalue weighted by Gasteiger charge is 2.33. The van der Waals surface area contributed by atoms with Crippen LogP contribution in [0.25, 0.3) is 0 Å². The average Bonchev–Trinajstić information content (AvgIpc) is 2.17. The Morgan fingerprint density at radius 3 is 2.77 bits per heavy atom. The van der Waals surface area contributed by atoms with E-state index in [9.17, 15) is 0 Å². The van der Waals surface area contributed by atoms with Crippen LogP contribution in [-0.4, -0.2) is 36.1 Å². The second-order valence-electron chi connectivity index (χ2n) is 4.74. The molecule has 1 saturated carbocycles. The maximum absolute atomic E-state index is 3.66. The SMILES string of the molecule is CC(C)N1CCNC2CCCCC21. The molecular weight excluding hydrogens is 160 g/mol. The van der Waals surface area contributed by atoms with Crippen molar-refractivity contribution in [2.24, 2.45) is 0 Å². The third-order valence-corrected chi connectivity index (χ3v) is 3.60. The van der Waals surface area contributed by atoms with Gasteiger partial charge in [-0.2, -0.15) is 0 Å². The summed E-state index contributed by atoms with van der Waals surface area (Å²) in [5.41, 5.74) is 0. The second-order valence-corrected chi connectivity index (χ2v) is 4.74. The minimum atomic E-state index is 0.729. The van der Waals surface area contributed by atoms with Gasteiger partial charge in [0.2, 0.25) is 0 Å². The molecule has 0 radical (unpaired) electrons. The fourth-order valence-electron chi connectivity index (χ4n) is 2.93. The Morgan fingerprint density at radius 1 is 1.23 bits per heavy atom. The average molecular weight is 182 g/mol. The molecule has 13 heavy (non-hydrogen) atoms. The first-order valence-electron chi connectivity index (χ1n) is 5.78. The Morgan fingerprint density at radius 2 is 2.00 bits per heavy atom. The van der Waals surface area contributed by atoms with Gasteiger partial charge in [0.1, 0.15) is 0 Å².